The van der Waals surface area contributed by atoms with E-state index in [-0.39, 0.29) is 0 Å². The van der Waals surface area contributed by atoms with Gasteiger partial charge in [-0.15, -0.1) is 0 Å². The van der Waals surface area contributed by atoms with E-state index in [4.69, 9.17) is 4.74 Å². The van der Waals surface area contributed by atoms with E-state index in [0.717, 1.165) is 32.0 Å². The smallest absolute Gasteiger partial charge is 0.0495 e. The zero-order valence-electron chi connectivity index (χ0n) is 11.5. The predicted molar refractivity (Wildman–Crippen MR) is 73.7 cm³/mol. The molecule has 2 heterocycles. The third-order valence-electron chi connectivity index (χ3n) is 3.80. The summed E-state index contributed by atoms with van der Waals surface area (Å²) in [6.07, 6.45) is 6.47. The summed E-state index contributed by atoms with van der Waals surface area (Å²) >= 11 is 0. The topological polar surface area (TPSA) is 34.1 Å². The molecule has 0 bridgehead atoms. The number of aromatic nitrogens is 1. The Balaban J connectivity index is 1.87. The molecule has 1 aromatic heterocycles. The molecule has 1 aliphatic heterocycles. The Morgan fingerprint density at radius 2 is 2.39 bits per heavy atom. The van der Waals surface area contributed by atoms with E-state index in [0.29, 0.717) is 6.04 Å². The van der Waals surface area contributed by atoms with Crippen LogP contribution in [0.4, 0.5) is 0 Å². The quantitative estimate of drug-likeness (QED) is 0.838. The van der Waals surface area contributed by atoms with Crippen molar-refractivity contribution in [2.75, 3.05) is 20.3 Å². The van der Waals surface area contributed by atoms with Gasteiger partial charge in [-0.2, -0.15) is 0 Å². The lowest BCUT2D eigenvalue weighted by Crippen LogP contribution is -2.30. The van der Waals surface area contributed by atoms with Crippen LogP contribution >= 0.6 is 0 Å². The number of aryl methyl sites for hydroxylation is 1. The molecule has 3 heteroatoms. The van der Waals surface area contributed by atoms with Gasteiger partial charge in [0.15, 0.2) is 0 Å². The first-order valence-electron chi connectivity index (χ1n) is 7.00. The number of nitrogens with one attached hydrogen (secondary N) is 1. The Morgan fingerprint density at radius 3 is 2.94 bits per heavy atom. The van der Waals surface area contributed by atoms with Crippen LogP contribution < -0.4 is 5.32 Å². The molecule has 0 radical (unpaired) electrons. The average molecular weight is 248 g/mol. The number of nitrogens with zero attached hydrogens (tertiary/aromatic N) is 1. The molecule has 2 atom stereocenters. The van der Waals surface area contributed by atoms with Gasteiger partial charge in [-0.3, -0.25) is 4.98 Å². The maximum Gasteiger partial charge on any atom is 0.0495 e. The second-order valence-corrected chi connectivity index (χ2v) is 5.17. The van der Waals surface area contributed by atoms with E-state index in [1.165, 1.54) is 24.1 Å². The molecule has 100 valence electrons. The van der Waals surface area contributed by atoms with Gasteiger partial charge in [-0.1, -0.05) is 13.0 Å². The Labute approximate surface area is 110 Å². The second-order valence-electron chi connectivity index (χ2n) is 5.17. The van der Waals surface area contributed by atoms with Gasteiger partial charge in [0.1, 0.15) is 0 Å². The van der Waals surface area contributed by atoms with Crippen molar-refractivity contribution >= 4 is 0 Å². The molecule has 1 aromatic rings. The zero-order valence-corrected chi connectivity index (χ0v) is 11.5. The number of pyridine rings is 1. The molecule has 1 saturated heterocycles. The largest absolute Gasteiger partial charge is 0.381 e. The summed E-state index contributed by atoms with van der Waals surface area (Å²) in [5, 5.41) is 3.41. The van der Waals surface area contributed by atoms with E-state index in [9.17, 15) is 0 Å². The van der Waals surface area contributed by atoms with E-state index in [1.54, 1.807) is 0 Å². The summed E-state index contributed by atoms with van der Waals surface area (Å²) in [5.74, 6) is 0.720. The second kappa shape index (κ2) is 6.86. The SMILES string of the molecule is CCc1ccc(CC(CC2CCOC2)NC)nc1. The highest BCUT2D eigenvalue weighted by Crippen LogP contribution is 2.19. The molecule has 0 saturated carbocycles. The van der Waals surface area contributed by atoms with Gasteiger partial charge in [-0.05, 0) is 43.9 Å². The Bertz CT molecular complexity index is 344. The summed E-state index contributed by atoms with van der Waals surface area (Å²) in [7, 11) is 2.04. The highest BCUT2D eigenvalue weighted by molar-refractivity contribution is 5.14. The molecule has 0 amide bonds. The molecular formula is C15H24N2O. The molecule has 2 rings (SSSR count). The molecule has 1 aliphatic rings. The maximum atomic E-state index is 5.44. The van der Waals surface area contributed by atoms with Crippen LogP contribution in [0.5, 0.6) is 0 Å². The molecule has 3 nitrogen and oxygen atoms in total. The lowest BCUT2D eigenvalue weighted by molar-refractivity contribution is 0.181. The molecule has 1 fully saturated rings. The minimum absolute atomic E-state index is 0.511. The molecule has 0 aliphatic carbocycles. The molecule has 0 aromatic carbocycles. The van der Waals surface area contributed by atoms with Crippen molar-refractivity contribution in [2.45, 2.75) is 38.6 Å². The lowest BCUT2D eigenvalue weighted by atomic mass is 9.96. The monoisotopic (exact) mass is 248 g/mol. The highest BCUT2D eigenvalue weighted by atomic mass is 16.5. The van der Waals surface area contributed by atoms with Crippen LogP contribution in [-0.2, 0) is 17.6 Å². The van der Waals surface area contributed by atoms with Gasteiger partial charge in [0.2, 0.25) is 0 Å². The first-order valence-corrected chi connectivity index (χ1v) is 7.00. The van der Waals surface area contributed by atoms with Crippen molar-refractivity contribution in [3.63, 3.8) is 0 Å². The highest BCUT2D eigenvalue weighted by Gasteiger charge is 2.20. The maximum absolute atomic E-state index is 5.44. The molecule has 1 N–H and O–H groups in total. The normalized spacial score (nSPS) is 21.1. The molecule has 2 unspecified atom stereocenters. The van der Waals surface area contributed by atoms with Gasteiger partial charge >= 0.3 is 0 Å². The van der Waals surface area contributed by atoms with Crippen LogP contribution in [0.25, 0.3) is 0 Å². The van der Waals surface area contributed by atoms with Gasteiger partial charge in [-0.25, -0.2) is 0 Å². The third-order valence-corrected chi connectivity index (χ3v) is 3.80. The summed E-state index contributed by atoms with van der Waals surface area (Å²) in [6.45, 7) is 4.03. The van der Waals surface area contributed by atoms with Crippen molar-refractivity contribution < 1.29 is 4.74 Å². The number of hydrogen-bond acceptors (Lipinski definition) is 3. The van der Waals surface area contributed by atoms with E-state index < -0.39 is 0 Å². The zero-order chi connectivity index (χ0) is 12.8. The summed E-state index contributed by atoms with van der Waals surface area (Å²) in [5.41, 5.74) is 2.49. The first-order chi connectivity index (χ1) is 8.81. The summed E-state index contributed by atoms with van der Waals surface area (Å²) in [6, 6.07) is 4.86. The van der Waals surface area contributed by atoms with E-state index in [2.05, 4.69) is 29.4 Å². The van der Waals surface area contributed by atoms with E-state index in [1.807, 2.05) is 13.2 Å². The van der Waals surface area contributed by atoms with Gasteiger partial charge in [0.05, 0.1) is 0 Å². The average Bonchev–Trinajstić information content (AvgIpc) is 2.91. The summed E-state index contributed by atoms with van der Waals surface area (Å²) in [4.78, 5) is 4.54. The van der Waals surface area contributed by atoms with Crippen LogP contribution in [0.1, 0.15) is 31.0 Å². The Morgan fingerprint density at radius 1 is 1.50 bits per heavy atom. The van der Waals surface area contributed by atoms with Gasteiger partial charge < -0.3 is 10.1 Å². The summed E-state index contributed by atoms with van der Waals surface area (Å²) < 4.78 is 5.44. The molecule has 0 spiro atoms. The fourth-order valence-corrected chi connectivity index (χ4v) is 2.51. The Hall–Kier alpha value is -0.930. The minimum Gasteiger partial charge on any atom is -0.381 e. The fraction of sp³-hybridized carbons (Fsp3) is 0.667. The number of ether oxygens (including phenoxy) is 1. The lowest BCUT2D eigenvalue weighted by Gasteiger charge is -2.19. The number of rotatable bonds is 6. The minimum atomic E-state index is 0.511. The third kappa shape index (κ3) is 3.79. The van der Waals surface area contributed by atoms with Gasteiger partial charge in [0, 0.05) is 37.6 Å². The van der Waals surface area contributed by atoms with E-state index >= 15 is 0 Å². The van der Waals surface area contributed by atoms with Crippen molar-refractivity contribution in [2.24, 2.45) is 5.92 Å². The van der Waals surface area contributed by atoms with Crippen molar-refractivity contribution in [3.8, 4) is 0 Å². The van der Waals surface area contributed by atoms with Crippen molar-refractivity contribution in [3.05, 3.63) is 29.6 Å². The Kier molecular flexibility index (Phi) is 5.14. The standard InChI is InChI=1S/C15H24N2O/c1-3-12-4-5-14(17-10-12)9-15(16-2)8-13-6-7-18-11-13/h4-5,10,13,15-16H,3,6-9,11H2,1-2H3. The van der Waals surface area contributed by atoms with Crippen LogP contribution in [0, 0.1) is 5.92 Å². The molecular weight excluding hydrogens is 224 g/mol. The van der Waals surface area contributed by atoms with Crippen molar-refractivity contribution in [1.29, 1.82) is 0 Å². The van der Waals surface area contributed by atoms with Crippen LogP contribution in [0.15, 0.2) is 18.3 Å². The fourth-order valence-electron chi connectivity index (χ4n) is 2.51. The number of likely N-dealkylation sites (N-methyl/N-ethyl adjacent to an activating group) is 1. The number of hydrogen-bond donors (Lipinski definition) is 1. The first kappa shape index (κ1) is 13.5. The van der Waals surface area contributed by atoms with Crippen LogP contribution in [0.3, 0.4) is 0 Å². The molecule has 18 heavy (non-hydrogen) atoms. The van der Waals surface area contributed by atoms with Gasteiger partial charge in [0.25, 0.3) is 0 Å². The van der Waals surface area contributed by atoms with Crippen LogP contribution in [0.2, 0.25) is 0 Å². The van der Waals surface area contributed by atoms with Crippen molar-refractivity contribution in [1.82, 2.24) is 10.3 Å². The predicted octanol–water partition coefficient (Wildman–Crippen LogP) is 2.20. The van der Waals surface area contributed by atoms with Crippen LogP contribution in [-0.4, -0.2) is 31.3 Å².